The molecule has 0 aliphatic carbocycles. The molecule has 0 N–H and O–H groups in total. The summed E-state index contributed by atoms with van der Waals surface area (Å²) in [6, 6.07) is 0. The van der Waals surface area contributed by atoms with Crippen molar-refractivity contribution in [3.8, 4) is 0 Å². The Labute approximate surface area is 200 Å². The van der Waals surface area contributed by atoms with Crippen molar-refractivity contribution < 1.29 is 19.0 Å². The molecule has 0 heterocycles. The lowest BCUT2D eigenvalue weighted by molar-refractivity contribution is -0.156. The topological polar surface area (TPSA) is 44.8 Å². The highest BCUT2D eigenvalue weighted by Crippen LogP contribution is 2.17. The maximum Gasteiger partial charge on any atom is 0.305 e. The van der Waals surface area contributed by atoms with E-state index >= 15 is 0 Å². The zero-order chi connectivity index (χ0) is 23.7. The van der Waals surface area contributed by atoms with Crippen LogP contribution in [-0.2, 0) is 19.0 Å². The first kappa shape index (κ1) is 31.4. The number of ether oxygens (including phenoxy) is 3. The van der Waals surface area contributed by atoms with Gasteiger partial charge in [-0.25, -0.2) is 0 Å². The summed E-state index contributed by atoms with van der Waals surface area (Å²) >= 11 is 0. The van der Waals surface area contributed by atoms with E-state index in [0.29, 0.717) is 32.2 Å². The highest BCUT2D eigenvalue weighted by atomic mass is 16.7. The molecule has 1 atom stereocenters. The Bertz CT molecular complexity index is 380. The molecule has 0 radical (unpaired) electrons. The SMILES string of the molecule is CCCCCCCCCCCCCCCCCC(=O)OC[C@@H](CC)CC(OCC)OCC. The van der Waals surface area contributed by atoms with E-state index in [-0.39, 0.29) is 12.3 Å². The van der Waals surface area contributed by atoms with Gasteiger partial charge in [0.1, 0.15) is 0 Å². The number of unbranched alkanes of at least 4 members (excludes halogenated alkanes) is 14. The van der Waals surface area contributed by atoms with E-state index < -0.39 is 0 Å². The molecule has 0 aliphatic rings. The molecule has 4 nitrogen and oxygen atoms in total. The molecule has 32 heavy (non-hydrogen) atoms. The van der Waals surface area contributed by atoms with E-state index in [1.807, 2.05) is 13.8 Å². The summed E-state index contributed by atoms with van der Waals surface area (Å²) in [6.07, 6.45) is 22.2. The number of hydrogen-bond acceptors (Lipinski definition) is 4. The Kier molecular flexibility index (Phi) is 24.5. The maximum absolute atomic E-state index is 12.0. The Morgan fingerprint density at radius 1 is 0.625 bits per heavy atom. The lowest BCUT2D eigenvalue weighted by atomic mass is 10.0. The van der Waals surface area contributed by atoms with Crippen LogP contribution in [0.1, 0.15) is 143 Å². The summed E-state index contributed by atoms with van der Waals surface area (Å²) in [7, 11) is 0. The Hall–Kier alpha value is -0.610. The van der Waals surface area contributed by atoms with Crippen LogP contribution in [0.2, 0.25) is 0 Å². The molecule has 0 aromatic heterocycles. The predicted octanol–water partition coefficient (Wildman–Crippen LogP) is 8.61. The van der Waals surface area contributed by atoms with Crippen molar-refractivity contribution in [2.75, 3.05) is 19.8 Å². The maximum atomic E-state index is 12.0. The zero-order valence-corrected chi connectivity index (χ0v) is 22.1. The number of rotatable bonds is 25. The monoisotopic (exact) mass is 456 g/mol. The summed E-state index contributed by atoms with van der Waals surface area (Å²) < 4.78 is 16.8. The van der Waals surface area contributed by atoms with Crippen LogP contribution in [0.3, 0.4) is 0 Å². The molecule has 0 unspecified atom stereocenters. The highest BCUT2D eigenvalue weighted by molar-refractivity contribution is 5.69. The molecular weight excluding hydrogens is 400 g/mol. The number of hydrogen-bond donors (Lipinski definition) is 0. The fourth-order valence-corrected chi connectivity index (χ4v) is 4.10. The van der Waals surface area contributed by atoms with Crippen molar-refractivity contribution >= 4 is 5.97 Å². The molecule has 0 rings (SSSR count). The lowest BCUT2D eigenvalue weighted by Crippen LogP contribution is -2.24. The quantitative estimate of drug-likeness (QED) is 0.0783. The van der Waals surface area contributed by atoms with E-state index in [0.717, 1.165) is 25.7 Å². The molecule has 0 amide bonds. The first-order valence-corrected chi connectivity index (χ1v) is 14.1. The van der Waals surface area contributed by atoms with Gasteiger partial charge in [0, 0.05) is 26.1 Å². The summed E-state index contributed by atoms with van der Waals surface area (Å²) in [6.45, 7) is 10.1. The van der Waals surface area contributed by atoms with Gasteiger partial charge in [-0.2, -0.15) is 0 Å². The lowest BCUT2D eigenvalue weighted by Gasteiger charge is -2.22. The van der Waals surface area contributed by atoms with E-state index in [9.17, 15) is 4.79 Å². The second-order valence-electron chi connectivity index (χ2n) is 9.23. The average molecular weight is 457 g/mol. The Balaban J connectivity index is 3.51. The van der Waals surface area contributed by atoms with Crippen LogP contribution in [0, 0.1) is 5.92 Å². The molecule has 0 saturated heterocycles. The van der Waals surface area contributed by atoms with Crippen LogP contribution in [0.15, 0.2) is 0 Å². The third kappa shape index (κ3) is 21.2. The second kappa shape index (κ2) is 25.0. The molecule has 192 valence electrons. The van der Waals surface area contributed by atoms with Crippen molar-refractivity contribution in [1.29, 1.82) is 0 Å². The zero-order valence-electron chi connectivity index (χ0n) is 22.1. The smallest absolute Gasteiger partial charge is 0.305 e. The number of carbonyl (C=O) groups excluding carboxylic acids is 1. The molecule has 0 aliphatic heterocycles. The number of carbonyl (C=O) groups is 1. The van der Waals surface area contributed by atoms with Gasteiger partial charge >= 0.3 is 5.97 Å². The standard InChI is InChI=1S/C28H56O4/c1-5-9-10-11-12-13-14-15-16-17-18-19-20-21-22-23-27(29)32-25-26(6-2)24-28(30-7-3)31-8-4/h26,28H,5-25H2,1-4H3/t26-/m0/s1. The van der Waals surface area contributed by atoms with Crippen LogP contribution in [0.4, 0.5) is 0 Å². The minimum Gasteiger partial charge on any atom is -0.465 e. The highest BCUT2D eigenvalue weighted by Gasteiger charge is 2.17. The van der Waals surface area contributed by atoms with Crippen molar-refractivity contribution in [3.05, 3.63) is 0 Å². The van der Waals surface area contributed by atoms with Gasteiger partial charge in [0.15, 0.2) is 6.29 Å². The predicted molar refractivity (Wildman–Crippen MR) is 136 cm³/mol. The van der Waals surface area contributed by atoms with Crippen LogP contribution >= 0.6 is 0 Å². The molecule has 0 saturated carbocycles. The van der Waals surface area contributed by atoms with E-state index in [1.165, 1.54) is 83.5 Å². The van der Waals surface area contributed by atoms with Crippen molar-refractivity contribution in [2.24, 2.45) is 5.92 Å². The van der Waals surface area contributed by atoms with Gasteiger partial charge in [-0.15, -0.1) is 0 Å². The van der Waals surface area contributed by atoms with Crippen molar-refractivity contribution in [1.82, 2.24) is 0 Å². The van der Waals surface area contributed by atoms with E-state index in [4.69, 9.17) is 14.2 Å². The van der Waals surface area contributed by atoms with Gasteiger partial charge in [0.2, 0.25) is 0 Å². The van der Waals surface area contributed by atoms with Gasteiger partial charge in [-0.05, 0) is 32.6 Å². The fourth-order valence-electron chi connectivity index (χ4n) is 4.10. The van der Waals surface area contributed by atoms with Crippen molar-refractivity contribution in [3.63, 3.8) is 0 Å². The van der Waals surface area contributed by atoms with E-state index in [2.05, 4.69) is 13.8 Å². The van der Waals surface area contributed by atoms with Crippen molar-refractivity contribution in [2.45, 2.75) is 150 Å². The third-order valence-corrected chi connectivity index (χ3v) is 6.27. The first-order chi connectivity index (χ1) is 15.7. The molecular formula is C28H56O4. The van der Waals surface area contributed by atoms with Gasteiger partial charge < -0.3 is 14.2 Å². The largest absolute Gasteiger partial charge is 0.465 e. The molecule has 0 bridgehead atoms. The van der Waals surface area contributed by atoms with Crippen LogP contribution in [-0.4, -0.2) is 32.1 Å². The molecule has 0 aromatic carbocycles. The van der Waals surface area contributed by atoms with Gasteiger partial charge in [0.05, 0.1) is 6.61 Å². The van der Waals surface area contributed by atoms with Gasteiger partial charge in [-0.1, -0.05) is 104 Å². The van der Waals surface area contributed by atoms with Crippen LogP contribution in [0.25, 0.3) is 0 Å². The second-order valence-corrected chi connectivity index (χ2v) is 9.23. The van der Waals surface area contributed by atoms with Gasteiger partial charge in [-0.3, -0.25) is 4.79 Å². The Morgan fingerprint density at radius 2 is 1.06 bits per heavy atom. The van der Waals surface area contributed by atoms with Crippen LogP contribution in [0.5, 0.6) is 0 Å². The Morgan fingerprint density at radius 3 is 1.47 bits per heavy atom. The first-order valence-electron chi connectivity index (χ1n) is 14.1. The number of esters is 1. The average Bonchev–Trinajstić information content (AvgIpc) is 2.79. The summed E-state index contributed by atoms with van der Waals surface area (Å²) in [5.41, 5.74) is 0. The van der Waals surface area contributed by atoms with E-state index in [1.54, 1.807) is 0 Å². The summed E-state index contributed by atoms with van der Waals surface area (Å²) in [5, 5.41) is 0. The fraction of sp³-hybridized carbons (Fsp3) is 0.964. The molecule has 4 heteroatoms. The molecule has 0 fully saturated rings. The third-order valence-electron chi connectivity index (χ3n) is 6.27. The summed E-state index contributed by atoms with van der Waals surface area (Å²) in [5.74, 6) is 0.241. The normalized spacial score (nSPS) is 12.4. The molecule has 0 aromatic rings. The van der Waals surface area contributed by atoms with Crippen LogP contribution < -0.4 is 0 Å². The minimum atomic E-state index is -0.191. The summed E-state index contributed by atoms with van der Waals surface area (Å²) in [4.78, 5) is 12.0. The molecule has 0 spiro atoms. The van der Waals surface area contributed by atoms with Gasteiger partial charge in [0.25, 0.3) is 0 Å². The minimum absolute atomic E-state index is 0.0532.